The van der Waals surface area contributed by atoms with Crippen LogP contribution in [0.1, 0.15) is 28.8 Å². The lowest BCUT2D eigenvalue weighted by atomic mass is 10.2. The number of carbonyl (C=O) groups excluding carboxylic acids is 1. The summed E-state index contributed by atoms with van der Waals surface area (Å²) in [5, 5.41) is 0. The Morgan fingerprint density at radius 1 is 1.13 bits per heavy atom. The maximum Gasteiger partial charge on any atom is 0.248 e. The van der Waals surface area contributed by atoms with Crippen molar-refractivity contribution in [2.75, 3.05) is 13.1 Å². The number of hydrogen-bond acceptors (Lipinski definition) is 3. The maximum absolute atomic E-state index is 13.9. The lowest BCUT2D eigenvalue weighted by Gasteiger charge is -2.15. The summed E-state index contributed by atoms with van der Waals surface area (Å²) >= 11 is 0. The van der Waals surface area contributed by atoms with Gasteiger partial charge in [0.2, 0.25) is 5.91 Å². The Kier molecular flexibility index (Phi) is 4.57. The Hall–Kier alpha value is -2.40. The average Bonchev–Trinajstić information content (AvgIpc) is 3.04. The molecule has 0 spiro atoms. The highest BCUT2D eigenvalue weighted by Gasteiger charge is 2.12. The van der Waals surface area contributed by atoms with E-state index in [1.54, 1.807) is 0 Å². The van der Waals surface area contributed by atoms with Crippen molar-refractivity contribution in [1.29, 1.82) is 0 Å². The molecular formula is C18H19FN2O2. The molecule has 1 aliphatic rings. The van der Waals surface area contributed by atoms with Gasteiger partial charge in [-0.1, -0.05) is 12.1 Å². The molecule has 0 bridgehead atoms. The van der Waals surface area contributed by atoms with Gasteiger partial charge in [-0.3, -0.25) is 9.69 Å². The molecule has 0 saturated carbocycles. The van der Waals surface area contributed by atoms with Crippen molar-refractivity contribution in [1.82, 2.24) is 4.90 Å². The Bertz CT molecular complexity index is 695. The second-order valence-corrected chi connectivity index (χ2v) is 5.74. The number of benzene rings is 2. The lowest BCUT2D eigenvalue weighted by Crippen LogP contribution is -2.18. The minimum atomic E-state index is -0.665. The zero-order valence-electron chi connectivity index (χ0n) is 12.8. The van der Waals surface area contributed by atoms with Gasteiger partial charge in [0.1, 0.15) is 5.75 Å². The molecule has 2 N–H and O–H groups in total. The number of likely N-dealkylation sites (tertiary alicyclic amines) is 1. The number of amides is 1. The van der Waals surface area contributed by atoms with Crippen molar-refractivity contribution in [3.8, 4) is 11.5 Å². The third kappa shape index (κ3) is 3.87. The number of carbonyl (C=O) groups is 1. The molecule has 5 heteroatoms. The summed E-state index contributed by atoms with van der Waals surface area (Å²) in [6.45, 7) is 3.23. The van der Waals surface area contributed by atoms with Crippen LogP contribution in [0.3, 0.4) is 0 Å². The molecule has 0 atom stereocenters. The van der Waals surface area contributed by atoms with Crippen LogP contribution in [-0.4, -0.2) is 23.9 Å². The van der Waals surface area contributed by atoms with Gasteiger partial charge in [-0.15, -0.1) is 0 Å². The molecule has 1 amide bonds. The topological polar surface area (TPSA) is 55.6 Å². The van der Waals surface area contributed by atoms with Gasteiger partial charge in [-0.2, -0.15) is 0 Å². The molecule has 120 valence electrons. The molecule has 23 heavy (non-hydrogen) atoms. The van der Waals surface area contributed by atoms with Gasteiger partial charge in [0, 0.05) is 12.1 Å². The number of hydrogen-bond donors (Lipinski definition) is 1. The van der Waals surface area contributed by atoms with Gasteiger partial charge in [0.15, 0.2) is 11.6 Å². The van der Waals surface area contributed by atoms with E-state index < -0.39 is 11.7 Å². The molecule has 2 aromatic rings. The van der Waals surface area contributed by atoms with E-state index in [0.717, 1.165) is 25.7 Å². The summed E-state index contributed by atoms with van der Waals surface area (Å²) in [6.07, 6.45) is 2.53. The van der Waals surface area contributed by atoms with E-state index in [9.17, 15) is 9.18 Å². The highest BCUT2D eigenvalue weighted by Crippen LogP contribution is 2.26. The van der Waals surface area contributed by atoms with Crippen molar-refractivity contribution in [2.24, 2.45) is 5.73 Å². The second-order valence-electron chi connectivity index (χ2n) is 5.74. The largest absolute Gasteiger partial charge is 0.454 e. The third-order valence-electron chi connectivity index (χ3n) is 3.97. The summed E-state index contributed by atoms with van der Waals surface area (Å²) in [7, 11) is 0. The highest BCUT2D eigenvalue weighted by atomic mass is 19.1. The van der Waals surface area contributed by atoms with Crippen LogP contribution in [0.2, 0.25) is 0 Å². The van der Waals surface area contributed by atoms with Gasteiger partial charge >= 0.3 is 0 Å². The molecule has 0 aromatic heterocycles. The fourth-order valence-electron chi connectivity index (χ4n) is 2.73. The van der Waals surface area contributed by atoms with Crippen LogP contribution >= 0.6 is 0 Å². The first-order valence-corrected chi connectivity index (χ1v) is 7.70. The minimum Gasteiger partial charge on any atom is -0.454 e. The van der Waals surface area contributed by atoms with E-state index in [-0.39, 0.29) is 11.3 Å². The van der Waals surface area contributed by atoms with E-state index in [1.165, 1.54) is 30.5 Å². The van der Waals surface area contributed by atoms with Gasteiger partial charge in [-0.05, 0) is 61.8 Å². The van der Waals surface area contributed by atoms with E-state index in [2.05, 4.69) is 4.90 Å². The van der Waals surface area contributed by atoms with E-state index in [4.69, 9.17) is 10.5 Å². The molecule has 3 rings (SSSR count). The zero-order chi connectivity index (χ0) is 16.2. The maximum atomic E-state index is 13.9. The summed E-state index contributed by atoms with van der Waals surface area (Å²) in [5.74, 6) is -0.646. The first-order chi connectivity index (χ1) is 11.1. The first kappa shape index (κ1) is 15.5. The summed E-state index contributed by atoms with van der Waals surface area (Å²) in [5.41, 5.74) is 6.45. The minimum absolute atomic E-state index is 0.0716. The first-order valence-electron chi connectivity index (χ1n) is 7.70. The van der Waals surface area contributed by atoms with Gasteiger partial charge in [-0.25, -0.2) is 4.39 Å². The van der Waals surface area contributed by atoms with Crippen molar-refractivity contribution in [3.05, 3.63) is 59.4 Å². The third-order valence-corrected chi connectivity index (χ3v) is 3.97. The van der Waals surface area contributed by atoms with E-state index in [0.29, 0.717) is 5.75 Å². The van der Waals surface area contributed by atoms with Crippen LogP contribution in [0.4, 0.5) is 4.39 Å². The Morgan fingerprint density at radius 3 is 2.43 bits per heavy atom. The Morgan fingerprint density at radius 2 is 1.83 bits per heavy atom. The molecule has 1 saturated heterocycles. The quantitative estimate of drug-likeness (QED) is 0.921. The van der Waals surface area contributed by atoms with Gasteiger partial charge < -0.3 is 10.5 Å². The molecular weight excluding hydrogens is 295 g/mol. The van der Waals surface area contributed by atoms with Crippen LogP contribution in [0.5, 0.6) is 11.5 Å². The molecule has 4 nitrogen and oxygen atoms in total. The Balaban J connectivity index is 1.67. The zero-order valence-corrected chi connectivity index (χ0v) is 12.8. The Labute approximate surface area is 134 Å². The number of primary amides is 1. The van der Waals surface area contributed by atoms with Crippen molar-refractivity contribution < 1.29 is 13.9 Å². The summed E-state index contributed by atoms with van der Waals surface area (Å²) < 4.78 is 19.4. The normalized spacial score (nSPS) is 14.8. The summed E-state index contributed by atoms with van der Waals surface area (Å²) in [4.78, 5) is 13.4. The van der Waals surface area contributed by atoms with Crippen LogP contribution in [0.15, 0.2) is 42.5 Å². The fourth-order valence-corrected chi connectivity index (χ4v) is 2.73. The van der Waals surface area contributed by atoms with Crippen molar-refractivity contribution in [3.63, 3.8) is 0 Å². The molecule has 1 fully saturated rings. The lowest BCUT2D eigenvalue weighted by molar-refractivity contribution is 0.1000. The molecule has 1 aliphatic heterocycles. The van der Waals surface area contributed by atoms with Crippen molar-refractivity contribution >= 4 is 5.91 Å². The standard InChI is InChI=1S/C18H19FN2O2/c19-16-11-14(18(20)22)5-8-17(16)23-15-6-3-13(4-7-15)12-21-9-1-2-10-21/h3-8,11H,1-2,9-10,12H2,(H2,20,22). The fraction of sp³-hybridized carbons (Fsp3) is 0.278. The van der Waals surface area contributed by atoms with Gasteiger partial charge in [0.05, 0.1) is 0 Å². The van der Waals surface area contributed by atoms with E-state index >= 15 is 0 Å². The molecule has 0 radical (unpaired) electrons. The molecule has 2 aromatic carbocycles. The predicted octanol–water partition coefficient (Wildman–Crippen LogP) is 3.31. The summed E-state index contributed by atoms with van der Waals surface area (Å²) in [6, 6.07) is 11.6. The van der Waals surface area contributed by atoms with Crippen LogP contribution in [0.25, 0.3) is 0 Å². The number of nitrogens with two attached hydrogens (primary N) is 1. The number of nitrogens with zero attached hydrogens (tertiary/aromatic N) is 1. The molecule has 0 unspecified atom stereocenters. The second kappa shape index (κ2) is 6.79. The van der Waals surface area contributed by atoms with Crippen LogP contribution in [-0.2, 0) is 6.54 Å². The monoisotopic (exact) mass is 314 g/mol. The van der Waals surface area contributed by atoms with Crippen LogP contribution < -0.4 is 10.5 Å². The molecule has 0 aliphatic carbocycles. The van der Waals surface area contributed by atoms with Gasteiger partial charge in [0.25, 0.3) is 0 Å². The number of rotatable bonds is 5. The molecule has 1 heterocycles. The number of ether oxygens (including phenoxy) is 1. The van der Waals surface area contributed by atoms with Crippen LogP contribution in [0, 0.1) is 5.82 Å². The SMILES string of the molecule is NC(=O)c1ccc(Oc2ccc(CN3CCCC3)cc2)c(F)c1. The highest BCUT2D eigenvalue weighted by molar-refractivity contribution is 5.92. The van der Waals surface area contributed by atoms with E-state index in [1.807, 2.05) is 24.3 Å². The van der Waals surface area contributed by atoms with Crippen molar-refractivity contribution in [2.45, 2.75) is 19.4 Å². The predicted molar refractivity (Wildman–Crippen MR) is 85.9 cm³/mol. The smallest absolute Gasteiger partial charge is 0.248 e. The number of halogens is 1. The average molecular weight is 314 g/mol.